The number of pyridine rings is 1. The molecular weight excluding hydrogens is 662 g/mol. The van der Waals surface area contributed by atoms with Crippen LogP contribution in [0.3, 0.4) is 0 Å². The van der Waals surface area contributed by atoms with Crippen LogP contribution in [0.5, 0.6) is 11.5 Å². The summed E-state index contributed by atoms with van der Waals surface area (Å²) in [4.78, 5) is 32.0. The van der Waals surface area contributed by atoms with Gasteiger partial charge in [-0.2, -0.15) is 0 Å². The third kappa shape index (κ3) is 7.05. The van der Waals surface area contributed by atoms with Crippen molar-refractivity contribution in [2.24, 2.45) is 0 Å². The Morgan fingerprint density at radius 1 is 1.06 bits per heavy atom. The maximum Gasteiger partial charge on any atom is 0.322 e. The number of amides is 2. The molecule has 2 N–H and O–H groups in total. The fourth-order valence-corrected chi connectivity index (χ4v) is 7.45. The van der Waals surface area contributed by atoms with Crippen molar-refractivity contribution < 1.29 is 32.3 Å². The molecule has 0 spiro atoms. The SMILES string of the molecule is COc1c(NC(=O)N[C@H]2CC[C@@H](Oc3ccc4nnc([C@@H]5CCCN5C)n4c3)c3ccccc32)cc(C(C)(C)C)cc1N(OC=O)S(C)(=O)=O. The van der Waals surface area contributed by atoms with E-state index in [0.29, 0.717) is 28.6 Å². The minimum Gasteiger partial charge on any atom is -0.492 e. The summed E-state index contributed by atoms with van der Waals surface area (Å²) in [5.74, 6) is 1.61. The molecule has 3 heterocycles. The maximum atomic E-state index is 13.6. The van der Waals surface area contributed by atoms with Crippen molar-refractivity contribution in [3.05, 3.63) is 77.2 Å². The van der Waals surface area contributed by atoms with Crippen LogP contribution in [0.1, 0.15) is 87.2 Å². The summed E-state index contributed by atoms with van der Waals surface area (Å²) < 4.78 is 39.9. The molecule has 1 aliphatic carbocycles. The standard InChI is InChI=1S/C35H43N7O7S/c1-35(2,3)22-18-27(32(47-5)29(19-22)42(48-21-43)50(6,45)46)37-34(44)36-26-14-15-30(25-11-8-7-10-24(25)26)49-23-13-16-31-38-39-33(41(31)20-23)28-12-9-17-40(28)4/h7-8,10-11,13,16,18-21,26,28,30H,9,12,14-15,17H2,1-6H3,(H2,36,37,44)/t26-,28-,30+/m0/s1. The summed E-state index contributed by atoms with van der Waals surface area (Å²) in [6, 6.07) is 14.3. The number of ether oxygens (including phenoxy) is 2. The third-order valence-electron chi connectivity index (χ3n) is 9.26. The van der Waals surface area contributed by atoms with Gasteiger partial charge in [0, 0.05) is 0 Å². The van der Waals surface area contributed by atoms with Crippen LogP contribution in [-0.2, 0) is 25.1 Å². The molecule has 2 amide bonds. The topological polar surface area (TPSA) is 157 Å². The highest BCUT2D eigenvalue weighted by molar-refractivity contribution is 7.91. The molecule has 0 radical (unpaired) electrons. The van der Waals surface area contributed by atoms with Gasteiger partial charge in [0.1, 0.15) is 17.5 Å². The zero-order valence-corrected chi connectivity index (χ0v) is 29.9. The molecule has 266 valence electrons. The number of aromatic nitrogens is 3. The first-order chi connectivity index (χ1) is 23.8. The van der Waals surface area contributed by atoms with E-state index in [4.69, 9.17) is 14.3 Å². The number of carbonyl (C=O) groups is 2. The van der Waals surface area contributed by atoms with Gasteiger partial charge in [0.25, 0.3) is 10.0 Å². The Bertz CT molecular complexity index is 2010. The number of carbonyl (C=O) groups excluding carboxylic acids is 2. The summed E-state index contributed by atoms with van der Waals surface area (Å²) >= 11 is 0. The van der Waals surface area contributed by atoms with E-state index in [2.05, 4.69) is 32.8 Å². The second kappa shape index (κ2) is 13.8. The molecule has 0 bridgehead atoms. The maximum absolute atomic E-state index is 13.6. The lowest BCUT2D eigenvalue weighted by molar-refractivity contribution is -0.128. The zero-order valence-electron chi connectivity index (χ0n) is 29.0. The van der Waals surface area contributed by atoms with Gasteiger partial charge in [-0.1, -0.05) is 49.5 Å². The minimum absolute atomic E-state index is 0.00530. The van der Waals surface area contributed by atoms with Crippen LogP contribution in [-0.4, -0.2) is 67.4 Å². The molecule has 2 aliphatic rings. The number of rotatable bonds is 10. The normalized spacial score (nSPS) is 19.4. The molecule has 3 atom stereocenters. The Kier molecular flexibility index (Phi) is 9.64. The largest absolute Gasteiger partial charge is 0.492 e. The summed E-state index contributed by atoms with van der Waals surface area (Å²) in [5, 5.41) is 14.8. The summed E-state index contributed by atoms with van der Waals surface area (Å²) in [7, 11) is -0.622. The van der Waals surface area contributed by atoms with Gasteiger partial charge in [-0.15, -0.1) is 10.2 Å². The molecule has 15 heteroatoms. The van der Waals surface area contributed by atoms with E-state index < -0.39 is 21.5 Å². The van der Waals surface area contributed by atoms with Gasteiger partial charge in [-0.05, 0) is 85.6 Å². The van der Waals surface area contributed by atoms with E-state index in [1.807, 2.05) is 67.8 Å². The van der Waals surface area contributed by atoms with Crippen molar-refractivity contribution in [1.82, 2.24) is 24.8 Å². The van der Waals surface area contributed by atoms with Gasteiger partial charge in [-0.25, -0.2) is 13.2 Å². The number of fused-ring (bicyclic) bond motifs is 2. The van der Waals surface area contributed by atoms with E-state index in [0.717, 1.165) is 48.2 Å². The van der Waals surface area contributed by atoms with E-state index in [9.17, 15) is 18.0 Å². The smallest absolute Gasteiger partial charge is 0.322 e. The van der Waals surface area contributed by atoms with Crippen molar-refractivity contribution in [2.75, 3.05) is 36.7 Å². The number of hydrogen-bond acceptors (Lipinski definition) is 10. The lowest BCUT2D eigenvalue weighted by Gasteiger charge is -2.32. The molecule has 1 fully saturated rings. The number of anilines is 2. The number of nitrogens with zero attached hydrogens (tertiary/aromatic N) is 5. The van der Waals surface area contributed by atoms with Crippen molar-refractivity contribution in [2.45, 2.75) is 70.1 Å². The highest BCUT2D eigenvalue weighted by Gasteiger charge is 2.32. The second-order valence-corrected chi connectivity index (χ2v) is 15.6. The molecule has 0 unspecified atom stereocenters. The summed E-state index contributed by atoms with van der Waals surface area (Å²) in [6.45, 7) is 6.84. The fraction of sp³-hybridized carbons (Fsp3) is 0.429. The van der Waals surface area contributed by atoms with Crippen LogP contribution in [0.25, 0.3) is 5.65 Å². The molecule has 6 rings (SSSR count). The Balaban J connectivity index is 1.24. The van der Waals surface area contributed by atoms with Gasteiger partial charge < -0.3 is 24.9 Å². The van der Waals surface area contributed by atoms with Crippen LogP contribution < -0.4 is 24.6 Å². The predicted octanol–water partition coefficient (Wildman–Crippen LogP) is 5.43. The van der Waals surface area contributed by atoms with Crippen LogP contribution >= 0.6 is 0 Å². The zero-order chi connectivity index (χ0) is 35.8. The van der Waals surface area contributed by atoms with Crippen molar-refractivity contribution in [1.29, 1.82) is 0 Å². The first kappa shape index (κ1) is 35.0. The number of methoxy groups -OCH3 is 1. The summed E-state index contributed by atoms with van der Waals surface area (Å²) in [6.07, 6.45) is 6.00. The molecule has 2 aromatic carbocycles. The van der Waals surface area contributed by atoms with Crippen LogP contribution in [0.4, 0.5) is 16.2 Å². The number of benzene rings is 2. The predicted molar refractivity (Wildman–Crippen MR) is 188 cm³/mol. The Morgan fingerprint density at radius 3 is 2.48 bits per heavy atom. The van der Waals surface area contributed by atoms with Crippen molar-refractivity contribution in [3.8, 4) is 11.5 Å². The van der Waals surface area contributed by atoms with Crippen LogP contribution in [0.15, 0.2) is 54.7 Å². The van der Waals surface area contributed by atoms with Gasteiger partial charge in [-0.3, -0.25) is 14.1 Å². The van der Waals surface area contributed by atoms with Gasteiger partial charge in [0.2, 0.25) is 0 Å². The number of hydrogen-bond donors (Lipinski definition) is 2. The molecular formula is C35H43N7O7S. The van der Waals surface area contributed by atoms with Gasteiger partial charge >= 0.3 is 12.5 Å². The van der Waals surface area contributed by atoms with E-state index in [1.165, 1.54) is 7.11 Å². The number of sulfonamides is 1. The fourth-order valence-electron chi connectivity index (χ4n) is 6.77. The number of urea groups is 1. The molecule has 2 aromatic heterocycles. The van der Waals surface area contributed by atoms with Crippen LogP contribution in [0, 0.1) is 0 Å². The van der Waals surface area contributed by atoms with E-state index in [-0.39, 0.29) is 41.8 Å². The number of likely N-dealkylation sites (tertiary alicyclic amines) is 1. The average molecular weight is 706 g/mol. The average Bonchev–Trinajstić information content (AvgIpc) is 3.68. The van der Waals surface area contributed by atoms with Crippen molar-refractivity contribution in [3.63, 3.8) is 0 Å². The Labute approximate surface area is 291 Å². The lowest BCUT2D eigenvalue weighted by atomic mass is 9.85. The molecule has 1 aliphatic heterocycles. The molecule has 0 saturated carbocycles. The van der Waals surface area contributed by atoms with Crippen molar-refractivity contribution >= 4 is 39.5 Å². The third-order valence-corrected chi connectivity index (χ3v) is 10.1. The van der Waals surface area contributed by atoms with Gasteiger partial charge in [0.05, 0.1) is 37.3 Å². The Morgan fingerprint density at radius 2 is 1.82 bits per heavy atom. The molecule has 14 nitrogen and oxygen atoms in total. The highest BCUT2D eigenvalue weighted by Crippen LogP contribution is 2.43. The lowest BCUT2D eigenvalue weighted by Crippen LogP contribution is -2.36. The monoisotopic (exact) mass is 705 g/mol. The summed E-state index contributed by atoms with van der Waals surface area (Å²) in [5.41, 5.74) is 3.01. The van der Waals surface area contributed by atoms with E-state index >= 15 is 0 Å². The highest BCUT2D eigenvalue weighted by atomic mass is 32.2. The molecule has 4 aromatic rings. The minimum atomic E-state index is -4.07. The molecule has 50 heavy (non-hydrogen) atoms. The number of nitrogens with one attached hydrogen (secondary N) is 2. The van der Waals surface area contributed by atoms with Crippen LogP contribution in [0.2, 0.25) is 0 Å². The van der Waals surface area contributed by atoms with E-state index in [1.54, 1.807) is 12.1 Å². The Hall–Kier alpha value is -4.89. The first-order valence-electron chi connectivity index (χ1n) is 16.5. The second-order valence-electron chi connectivity index (χ2n) is 13.8. The van der Waals surface area contributed by atoms with Gasteiger partial charge in [0.15, 0.2) is 17.2 Å². The molecule has 1 saturated heterocycles. The quantitative estimate of drug-likeness (QED) is 0.161. The first-order valence-corrected chi connectivity index (χ1v) is 18.3.